The predicted molar refractivity (Wildman–Crippen MR) is 62.4 cm³/mol. The zero-order chi connectivity index (χ0) is 14.0. The van der Waals surface area contributed by atoms with E-state index in [0.29, 0.717) is 31.3 Å². The van der Waals surface area contributed by atoms with Gasteiger partial charge in [0.2, 0.25) is 5.89 Å². The van der Waals surface area contributed by atoms with Crippen molar-refractivity contribution in [2.24, 2.45) is 5.92 Å². The van der Waals surface area contributed by atoms with Crippen molar-refractivity contribution in [3.05, 3.63) is 11.7 Å². The highest BCUT2D eigenvalue weighted by Gasteiger charge is 2.41. The van der Waals surface area contributed by atoms with Gasteiger partial charge >= 0.3 is 6.18 Å². The van der Waals surface area contributed by atoms with Crippen LogP contribution in [0.15, 0.2) is 4.52 Å². The van der Waals surface area contributed by atoms with Crippen LogP contribution in [0.5, 0.6) is 0 Å². The number of likely N-dealkylation sites (tertiary alicyclic amines) is 1. The van der Waals surface area contributed by atoms with E-state index in [2.05, 4.69) is 10.1 Å². The molecule has 0 aliphatic carbocycles. The van der Waals surface area contributed by atoms with E-state index in [1.165, 1.54) is 0 Å². The van der Waals surface area contributed by atoms with Crippen LogP contribution in [0.25, 0.3) is 0 Å². The molecule has 7 heteroatoms. The Kier molecular flexibility index (Phi) is 4.13. The van der Waals surface area contributed by atoms with Crippen LogP contribution in [0, 0.1) is 5.92 Å². The van der Waals surface area contributed by atoms with Gasteiger partial charge in [-0.2, -0.15) is 18.2 Å². The highest BCUT2D eigenvalue weighted by atomic mass is 19.4. The molecular weight excluding hydrogens is 259 g/mol. The number of piperidine rings is 1. The highest BCUT2D eigenvalue weighted by Crippen LogP contribution is 2.34. The molecule has 2 rings (SSSR count). The van der Waals surface area contributed by atoms with Crippen molar-refractivity contribution in [3.63, 3.8) is 0 Å². The lowest BCUT2D eigenvalue weighted by atomic mass is 9.96. The van der Waals surface area contributed by atoms with E-state index in [-0.39, 0.29) is 18.8 Å². The first-order valence-electron chi connectivity index (χ1n) is 6.48. The van der Waals surface area contributed by atoms with Crippen LogP contribution in [-0.4, -0.2) is 34.3 Å². The maximum atomic E-state index is 12.5. The normalized spacial score (nSPS) is 19.3. The Morgan fingerprint density at radius 2 is 1.95 bits per heavy atom. The predicted octanol–water partition coefficient (Wildman–Crippen LogP) is 2.97. The Balaban J connectivity index is 1.85. The molecule has 0 aromatic carbocycles. The van der Waals surface area contributed by atoms with Gasteiger partial charge in [-0.15, -0.1) is 0 Å². The fraction of sp³-hybridized carbons (Fsp3) is 0.833. The van der Waals surface area contributed by atoms with Gasteiger partial charge in [0.15, 0.2) is 5.82 Å². The van der Waals surface area contributed by atoms with Crippen molar-refractivity contribution in [2.45, 2.75) is 45.3 Å². The Bertz CT molecular complexity index is 409. The van der Waals surface area contributed by atoms with E-state index in [1.54, 1.807) is 0 Å². The van der Waals surface area contributed by atoms with E-state index < -0.39 is 12.1 Å². The molecule has 0 spiro atoms. The molecule has 1 aromatic heterocycles. The fourth-order valence-corrected chi connectivity index (χ4v) is 2.18. The molecule has 4 nitrogen and oxygen atoms in total. The van der Waals surface area contributed by atoms with Gasteiger partial charge in [0.1, 0.15) is 0 Å². The number of rotatable bonds is 3. The first-order chi connectivity index (χ1) is 8.86. The molecule has 2 heterocycles. The molecule has 1 aliphatic heterocycles. The Morgan fingerprint density at radius 3 is 2.42 bits per heavy atom. The first kappa shape index (κ1) is 14.3. The van der Waals surface area contributed by atoms with Crippen LogP contribution in [0.2, 0.25) is 0 Å². The second-order valence-electron chi connectivity index (χ2n) is 5.29. The minimum Gasteiger partial charge on any atom is -0.338 e. The molecule has 108 valence electrons. The van der Waals surface area contributed by atoms with Crippen molar-refractivity contribution in [1.29, 1.82) is 0 Å². The van der Waals surface area contributed by atoms with Crippen LogP contribution in [0.4, 0.5) is 13.2 Å². The fourth-order valence-electron chi connectivity index (χ4n) is 2.18. The van der Waals surface area contributed by atoms with Crippen LogP contribution >= 0.6 is 0 Å². The lowest BCUT2D eigenvalue weighted by Crippen LogP contribution is -2.38. The van der Waals surface area contributed by atoms with Gasteiger partial charge in [0, 0.05) is 5.92 Å². The summed E-state index contributed by atoms with van der Waals surface area (Å²) < 4.78 is 42.7. The second-order valence-corrected chi connectivity index (χ2v) is 5.29. The molecule has 1 fully saturated rings. The minimum absolute atomic E-state index is 0.147. The zero-order valence-corrected chi connectivity index (χ0v) is 11.1. The summed E-state index contributed by atoms with van der Waals surface area (Å²) in [4.78, 5) is 6.16. The van der Waals surface area contributed by atoms with Crippen LogP contribution < -0.4 is 0 Å². The Labute approximate surface area is 110 Å². The summed E-state index contributed by atoms with van der Waals surface area (Å²) >= 11 is 0. The quantitative estimate of drug-likeness (QED) is 0.852. The monoisotopic (exact) mass is 277 g/mol. The number of halogens is 3. The van der Waals surface area contributed by atoms with Crippen LogP contribution in [0.1, 0.15) is 44.3 Å². The number of hydrogen-bond acceptors (Lipinski definition) is 4. The van der Waals surface area contributed by atoms with Crippen LogP contribution in [0.3, 0.4) is 0 Å². The molecule has 1 aromatic rings. The molecule has 19 heavy (non-hydrogen) atoms. The molecule has 0 N–H and O–H groups in total. The maximum absolute atomic E-state index is 12.5. The van der Waals surface area contributed by atoms with Crippen molar-refractivity contribution < 1.29 is 17.7 Å². The van der Waals surface area contributed by atoms with Gasteiger partial charge < -0.3 is 4.52 Å². The number of alkyl halides is 3. The van der Waals surface area contributed by atoms with Crippen molar-refractivity contribution >= 4 is 0 Å². The maximum Gasteiger partial charge on any atom is 0.391 e. The summed E-state index contributed by atoms with van der Waals surface area (Å²) in [5.41, 5.74) is 0. The van der Waals surface area contributed by atoms with Crippen molar-refractivity contribution in [1.82, 2.24) is 15.0 Å². The second kappa shape index (κ2) is 5.48. The summed E-state index contributed by atoms with van der Waals surface area (Å²) in [5, 5.41) is 3.84. The molecule has 0 unspecified atom stereocenters. The van der Waals surface area contributed by atoms with E-state index in [9.17, 15) is 13.2 Å². The van der Waals surface area contributed by atoms with Gasteiger partial charge in [-0.05, 0) is 25.9 Å². The first-order valence-corrected chi connectivity index (χ1v) is 6.48. The number of nitrogens with zero attached hydrogens (tertiary/aromatic N) is 3. The van der Waals surface area contributed by atoms with Gasteiger partial charge in [-0.1, -0.05) is 19.0 Å². The standard InChI is InChI=1S/C12H18F3N3O/c1-8(2)11-16-10(19-17-11)7-18-5-3-9(4-6-18)12(13,14)15/h8-9H,3-7H2,1-2H3. The van der Waals surface area contributed by atoms with Crippen LogP contribution in [-0.2, 0) is 6.54 Å². The van der Waals surface area contributed by atoms with Gasteiger partial charge in [0.25, 0.3) is 0 Å². The molecule has 0 saturated carbocycles. The lowest BCUT2D eigenvalue weighted by Gasteiger charge is -2.31. The topological polar surface area (TPSA) is 42.2 Å². The summed E-state index contributed by atoms with van der Waals surface area (Å²) in [6.45, 7) is 5.20. The third-order valence-electron chi connectivity index (χ3n) is 3.41. The molecule has 0 atom stereocenters. The van der Waals surface area contributed by atoms with E-state index in [1.807, 2.05) is 18.7 Å². The number of aromatic nitrogens is 2. The van der Waals surface area contributed by atoms with E-state index in [4.69, 9.17) is 4.52 Å². The average molecular weight is 277 g/mol. The number of hydrogen-bond donors (Lipinski definition) is 0. The van der Waals surface area contributed by atoms with Crippen molar-refractivity contribution in [2.75, 3.05) is 13.1 Å². The Morgan fingerprint density at radius 1 is 1.32 bits per heavy atom. The molecule has 1 aliphatic rings. The lowest BCUT2D eigenvalue weighted by molar-refractivity contribution is -0.185. The zero-order valence-electron chi connectivity index (χ0n) is 11.1. The van der Waals surface area contributed by atoms with Crippen molar-refractivity contribution in [3.8, 4) is 0 Å². The van der Waals surface area contributed by atoms with Gasteiger partial charge in [-0.3, -0.25) is 4.90 Å². The molecule has 0 radical (unpaired) electrons. The van der Waals surface area contributed by atoms with Gasteiger partial charge in [-0.25, -0.2) is 0 Å². The van der Waals surface area contributed by atoms with Gasteiger partial charge in [0.05, 0.1) is 12.5 Å². The summed E-state index contributed by atoms with van der Waals surface area (Å²) in [7, 11) is 0. The molecule has 1 saturated heterocycles. The Hall–Kier alpha value is -1.11. The third kappa shape index (κ3) is 3.68. The molecule has 0 bridgehead atoms. The third-order valence-corrected chi connectivity index (χ3v) is 3.41. The smallest absolute Gasteiger partial charge is 0.338 e. The average Bonchev–Trinajstić information content (AvgIpc) is 2.77. The van der Waals surface area contributed by atoms with E-state index >= 15 is 0 Å². The summed E-state index contributed by atoms with van der Waals surface area (Å²) in [6.07, 6.45) is -3.77. The summed E-state index contributed by atoms with van der Waals surface area (Å²) in [5.74, 6) is 0.139. The molecular formula is C12H18F3N3O. The summed E-state index contributed by atoms with van der Waals surface area (Å²) in [6, 6.07) is 0. The minimum atomic E-state index is -4.07. The molecule has 0 amide bonds. The highest BCUT2D eigenvalue weighted by molar-refractivity contribution is 4.92. The van der Waals surface area contributed by atoms with E-state index in [0.717, 1.165) is 0 Å². The largest absolute Gasteiger partial charge is 0.391 e. The SMILES string of the molecule is CC(C)c1noc(CN2CCC(C(F)(F)F)CC2)n1.